The highest BCUT2D eigenvalue weighted by Gasteiger charge is 2.37. The topological polar surface area (TPSA) is 68.6 Å². The average Bonchev–Trinajstić information content (AvgIpc) is 2.50. The molecule has 1 aromatic heterocycles. The molecule has 134 valence electrons. The molecule has 1 aliphatic heterocycles. The van der Waals surface area contributed by atoms with Gasteiger partial charge in [-0.05, 0) is 30.7 Å². The van der Waals surface area contributed by atoms with Gasteiger partial charge in [0.15, 0.2) is 0 Å². The number of benzene rings is 1. The van der Waals surface area contributed by atoms with Crippen LogP contribution in [-0.2, 0) is 22.8 Å². The normalized spacial score (nSPS) is 15.8. The van der Waals surface area contributed by atoms with Crippen LogP contribution < -0.4 is 10.3 Å². The zero-order chi connectivity index (χ0) is 18.2. The first-order valence-electron chi connectivity index (χ1n) is 7.81. The third-order valence-electron chi connectivity index (χ3n) is 4.25. The molecule has 2 heterocycles. The van der Waals surface area contributed by atoms with Gasteiger partial charge in [0.2, 0.25) is 10.0 Å². The second-order valence-electron chi connectivity index (χ2n) is 6.17. The van der Waals surface area contributed by atoms with Gasteiger partial charge in [-0.3, -0.25) is 4.79 Å². The Kier molecular flexibility index (Phi) is 4.66. The molecule has 1 saturated heterocycles. The van der Waals surface area contributed by atoms with Crippen molar-refractivity contribution < 1.29 is 17.5 Å². The van der Waals surface area contributed by atoms with Crippen molar-refractivity contribution in [3.05, 3.63) is 63.8 Å². The van der Waals surface area contributed by atoms with Crippen LogP contribution in [0, 0.1) is 12.7 Å². The number of rotatable bonds is 5. The fraction of sp³-hybridized carbons (Fsp3) is 0.353. The minimum Gasteiger partial charge on any atom is -0.487 e. The van der Waals surface area contributed by atoms with Gasteiger partial charge < -0.3 is 9.30 Å². The lowest BCUT2D eigenvalue weighted by Gasteiger charge is -2.37. The van der Waals surface area contributed by atoms with E-state index < -0.39 is 15.8 Å². The van der Waals surface area contributed by atoms with Gasteiger partial charge in [0.05, 0.1) is 18.8 Å². The van der Waals surface area contributed by atoms with Crippen molar-refractivity contribution in [2.75, 3.05) is 13.1 Å². The molecule has 1 fully saturated rings. The third kappa shape index (κ3) is 3.91. The highest BCUT2D eigenvalue weighted by Crippen LogP contribution is 2.22. The maximum absolute atomic E-state index is 12.9. The van der Waals surface area contributed by atoms with Crippen LogP contribution in [0.2, 0.25) is 0 Å². The molecule has 0 unspecified atom stereocenters. The monoisotopic (exact) mass is 366 g/mol. The lowest BCUT2D eigenvalue weighted by Crippen LogP contribution is -2.56. The number of hydrogen-bond acceptors (Lipinski definition) is 4. The standard InChI is InChI=1S/C17H19FN2O4S/c1-12-7-15(8-17(21)19(12)2)24-16-9-20(10-16)25(22,23)11-13-3-5-14(18)6-4-13/h3-8,16H,9-11H2,1-2H3. The van der Waals surface area contributed by atoms with E-state index in [9.17, 15) is 17.6 Å². The Bertz CT molecular complexity index is 932. The highest BCUT2D eigenvalue weighted by molar-refractivity contribution is 7.88. The summed E-state index contributed by atoms with van der Waals surface area (Å²) in [6.07, 6.45) is -0.283. The predicted molar refractivity (Wildman–Crippen MR) is 91.4 cm³/mol. The van der Waals surface area contributed by atoms with Crippen molar-refractivity contribution in [2.24, 2.45) is 7.05 Å². The molecular weight excluding hydrogens is 347 g/mol. The van der Waals surface area contributed by atoms with E-state index in [0.29, 0.717) is 11.3 Å². The zero-order valence-electron chi connectivity index (χ0n) is 14.0. The fourth-order valence-electron chi connectivity index (χ4n) is 2.58. The number of sulfonamides is 1. The summed E-state index contributed by atoms with van der Waals surface area (Å²) in [6.45, 7) is 2.27. The minimum atomic E-state index is -3.47. The van der Waals surface area contributed by atoms with Crippen LogP contribution in [0.4, 0.5) is 4.39 Å². The van der Waals surface area contributed by atoms with Gasteiger partial charge in [-0.15, -0.1) is 0 Å². The van der Waals surface area contributed by atoms with Gasteiger partial charge in [-0.1, -0.05) is 12.1 Å². The average molecular weight is 366 g/mol. The first-order chi connectivity index (χ1) is 11.7. The van der Waals surface area contributed by atoms with Crippen molar-refractivity contribution >= 4 is 10.0 Å². The number of nitrogens with zero attached hydrogens (tertiary/aromatic N) is 2. The SMILES string of the molecule is Cc1cc(OC2CN(S(=O)(=O)Cc3ccc(F)cc3)C2)cc(=O)n1C. The third-order valence-corrected chi connectivity index (χ3v) is 6.03. The second-order valence-corrected chi connectivity index (χ2v) is 8.14. The maximum atomic E-state index is 12.9. The molecular formula is C17H19FN2O4S. The smallest absolute Gasteiger partial charge is 0.254 e. The van der Waals surface area contributed by atoms with Gasteiger partial charge in [0.25, 0.3) is 5.56 Å². The number of aromatic nitrogens is 1. The summed E-state index contributed by atoms with van der Waals surface area (Å²) in [7, 11) is -1.80. The summed E-state index contributed by atoms with van der Waals surface area (Å²) in [5.41, 5.74) is 1.13. The van der Waals surface area contributed by atoms with E-state index in [4.69, 9.17) is 4.74 Å². The molecule has 0 aliphatic carbocycles. The first kappa shape index (κ1) is 17.6. The van der Waals surface area contributed by atoms with Crippen LogP contribution in [-0.4, -0.2) is 36.5 Å². The molecule has 6 nitrogen and oxygen atoms in total. The molecule has 0 saturated carbocycles. The Balaban J connectivity index is 1.60. The Hall–Kier alpha value is -2.19. The lowest BCUT2D eigenvalue weighted by molar-refractivity contribution is 0.0758. The summed E-state index contributed by atoms with van der Waals surface area (Å²) in [4.78, 5) is 11.7. The van der Waals surface area contributed by atoms with Crippen molar-refractivity contribution in [3.63, 3.8) is 0 Å². The molecule has 25 heavy (non-hydrogen) atoms. The summed E-state index contributed by atoms with van der Waals surface area (Å²) in [5, 5.41) is 0. The van der Waals surface area contributed by atoms with E-state index in [0.717, 1.165) is 5.69 Å². The Morgan fingerprint density at radius 3 is 2.44 bits per heavy atom. The molecule has 0 bridgehead atoms. The van der Waals surface area contributed by atoms with Crippen LogP contribution in [0.3, 0.4) is 0 Å². The number of halogens is 1. The zero-order valence-corrected chi connectivity index (χ0v) is 14.8. The van der Waals surface area contributed by atoms with Crippen molar-refractivity contribution in [2.45, 2.75) is 18.8 Å². The largest absolute Gasteiger partial charge is 0.487 e. The molecule has 3 rings (SSSR count). The quantitative estimate of drug-likeness (QED) is 0.803. The summed E-state index contributed by atoms with van der Waals surface area (Å²) < 4.78 is 46.1. The van der Waals surface area contributed by atoms with E-state index >= 15 is 0 Å². The van der Waals surface area contributed by atoms with Gasteiger partial charge in [-0.2, -0.15) is 4.31 Å². The van der Waals surface area contributed by atoms with Crippen LogP contribution in [0.5, 0.6) is 5.75 Å². The highest BCUT2D eigenvalue weighted by atomic mass is 32.2. The number of aryl methyl sites for hydroxylation is 1. The van der Waals surface area contributed by atoms with E-state index in [1.165, 1.54) is 39.2 Å². The summed E-state index contributed by atoms with van der Waals surface area (Å²) in [6, 6.07) is 8.54. The molecule has 1 aromatic carbocycles. The van der Waals surface area contributed by atoms with Gasteiger partial charge in [0, 0.05) is 18.8 Å². The number of hydrogen-bond donors (Lipinski definition) is 0. The van der Waals surface area contributed by atoms with Crippen LogP contribution in [0.1, 0.15) is 11.3 Å². The molecule has 0 atom stereocenters. The van der Waals surface area contributed by atoms with Crippen LogP contribution in [0.15, 0.2) is 41.2 Å². The van der Waals surface area contributed by atoms with Crippen molar-refractivity contribution in [1.29, 1.82) is 0 Å². The van der Waals surface area contributed by atoms with E-state index in [-0.39, 0.29) is 30.5 Å². The predicted octanol–water partition coefficient (Wildman–Crippen LogP) is 1.43. The fourth-order valence-corrected chi connectivity index (χ4v) is 4.17. The lowest BCUT2D eigenvalue weighted by atomic mass is 10.2. The Labute approximate surface area is 145 Å². The number of ether oxygens (including phenoxy) is 1. The summed E-state index contributed by atoms with van der Waals surface area (Å²) in [5.74, 6) is -0.130. The van der Waals surface area contributed by atoms with Crippen molar-refractivity contribution in [1.82, 2.24) is 8.87 Å². The van der Waals surface area contributed by atoms with E-state index in [2.05, 4.69) is 0 Å². The van der Waals surface area contributed by atoms with Crippen LogP contribution in [0.25, 0.3) is 0 Å². The second kappa shape index (κ2) is 6.61. The van der Waals surface area contributed by atoms with Gasteiger partial charge in [0.1, 0.15) is 17.7 Å². The van der Waals surface area contributed by atoms with Crippen molar-refractivity contribution in [3.8, 4) is 5.75 Å². The molecule has 0 N–H and O–H groups in total. The van der Waals surface area contributed by atoms with Crippen LogP contribution >= 0.6 is 0 Å². The first-order valence-corrected chi connectivity index (χ1v) is 9.42. The molecule has 0 spiro atoms. The van der Waals surface area contributed by atoms with E-state index in [1.807, 2.05) is 0 Å². The molecule has 0 amide bonds. The maximum Gasteiger partial charge on any atom is 0.254 e. The Morgan fingerprint density at radius 2 is 1.84 bits per heavy atom. The van der Waals surface area contributed by atoms with Gasteiger partial charge in [-0.25, -0.2) is 12.8 Å². The molecule has 0 radical (unpaired) electrons. The Morgan fingerprint density at radius 1 is 1.20 bits per heavy atom. The van der Waals surface area contributed by atoms with E-state index in [1.54, 1.807) is 20.0 Å². The minimum absolute atomic E-state index is 0.171. The molecule has 8 heteroatoms. The number of pyridine rings is 1. The molecule has 2 aromatic rings. The van der Waals surface area contributed by atoms with Gasteiger partial charge >= 0.3 is 0 Å². The molecule has 1 aliphatic rings. The summed E-state index contributed by atoms with van der Waals surface area (Å²) >= 11 is 0.